The summed E-state index contributed by atoms with van der Waals surface area (Å²) >= 11 is 0. The minimum atomic E-state index is -0.182. The van der Waals surface area contributed by atoms with Crippen molar-refractivity contribution < 1.29 is 14.7 Å². The second-order valence-corrected chi connectivity index (χ2v) is 3.79. The standard InChI is InChI=1S/C12H14N2O3/c15-8-5-11(16)14-7-6-13-12(17)9-3-1-2-4-10(9)14/h1-4,15H,5-8H2,(H,13,17). The molecule has 5 nitrogen and oxygen atoms in total. The summed E-state index contributed by atoms with van der Waals surface area (Å²) in [7, 11) is 0. The molecule has 5 heteroatoms. The lowest BCUT2D eigenvalue weighted by atomic mass is 10.1. The van der Waals surface area contributed by atoms with Crippen molar-refractivity contribution in [2.24, 2.45) is 0 Å². The van der Waals surface area contributed by atoms with Gasteiger partial charge in [-0.3, -0.25) is 9.59 Å². The minimum Gasteiger partial charge on any atom is -0.396 e. The number of hydrogen-bond donors (Lipinski definition) is 2. The van der Waals surface area contributed by atoms with Gasteiger partial charge >= 0.3 is 0 Å². The molecule has 1 aromatic carbocycles. The summed E-state index contributed by atoms with van der Waals surface area (Å²) in [5.41, 5.74) is 1.11. The topological polar surface area (TPSA) is 69.6 Å². The van der Waals surface area contributed by atoms with Crippen molar-refractivity contribution >= 4 is 17.5 Å². The van der Waals surface area contributed by atoms with Crippen LogP contribution in [0.25, 0.3) is 0 Å². The van der Waals surface area contributed by atoms with Gasteiger partial charge in [-0.2, -0.15) is 0 Å². The van der Waals surface area contributed by atoms with Crippen LogP contribution in [-0.4, -0.2) is 36.6 Å². The van der Waals surface area contributed by atoms with Crippen molar-refractivity contribution in [1.29, 1.82) is 0 Å². The molecule has 2 rings (SSSR count). The number of hydrogen-bond acceptors (Lipinski definition) is 3. The van der Waals surface area contributed by atoms with E-state index in [4.69, 9.17) is 5.11 Å². The van der Waals surface area contributed by atoms with E-state index in [-0.39, 0.29) is 24.8 Å². The molecule has 0 unspecified atom stereocenters. The lowest BCUT2D eigenvalue weighted by Crippen LogP contribution is -2.35. The molecule has 17 heavy (non-hydrogen) atoms. The van der Waals surface area contributed by atoms with E-state index in [2.05, 4.69) is 5.32 Å². The van der Waals surface area contributed by atoms with Crippen LogP contribution in [-0.2, 0) is 4.79 Å². The molecule has 0 radical (unpaired) electrons. The molecule has 0 saturated heterocycles. The Kier molecular flexibility index (Phi) is 3.39. The predicted octanol–water partition coefficient (Wildman–Crippen LogP) is 0.145. The number of rotatable bonds is 2. The molecule has 2 N–H and O–H groups in total. The zero-order chi connectivity index (χ0) is 12.3. The molecule has 1 heterocycles. The van der Waals surface area contributed by atoms with E-state index in [1.54, 1.807) is 29.2 Å². The van der Waals surface area contributed by atoms with Gasteiger partial charge in [0.2, 0.25) is 5.91 Å². The number of fused-ring (bicyclic) bond motifs is 1. The van der Waals surface area contributed by atoms with Crippen molar-refractivity contribution in [3.63, 3.8) is 0 Å². The number of nitrogens with zero attached hydrogens (tertiary/aromatic N) is 1. The van der Waals surface area contributed by atoms with Crippen LogP contribution in [0.1, 0.15) is 16.8 Å². The Hall–Kier alpha value is -1.88. The third-order valence-corrected chi connectivity index (χ3v) is 2.69. The molecule has 0 saturated carbocycles. The lowest BCUT2D eigenvalue weighted by Gasteiger charge is -2.21. The molecule has 0 aliphatic carbocycles. The largest absolute Gasteiger partial charge is 0.396 e. The molecule has 90 valence electrons. The third kappa shape index (κ3) is 2.29. The second kappa shape index (κ2) is 4.97. The van der Waals surface area contributed by atoms with Crippen LogP contribution in [0.2, 0.25) is 0 Å². The van der Waals surface area contributed by atoms with Crippen LogP contribution in [0.4, 0.5) is 5.69 Å². The molecule has 0 bridgehead atoms. The maximum absolute atomic E-state index is 11.8. The van der Waals surface area contributed by atoms with Gasteiger partial charge in [0.25, 0.3) is 5.91 Å². The summed E-state index contributed by atoms with van der Waals surface area (Å²) in [6.45, 7) is 0.672. The van der Waals surface area contributed by atoms with Crippen molar-refractivity contribution in [2.75, 3.05) is 24.6 Å². The van der Waals surface area contributed by atoms with E-state index in [1.165, 1.54) is 0 Å². The first-order valence-electron chi connectivity index (χ1n) is 5.52. The number of benzene rings is 1. The maximum atomic E-state index is 11.8. The van der Waals surface area contributed by atoms with Crippen LogP contribution >= 0.6 is 0 Å². The highest BCUT2D eigenvalue weighted by atomic mass is 16.3. The van der Waals surface area contributed by atoms with Crippen molar-refractivity contribution in [3.8, 4) is 0 Å². The van der Waals surface area contributed by atoms with Gasteiger partial charge in [0, 0.05) is 13.1 Å². The number of carbonyl (C=O) groups excluding carboxylic acids is 2. The van der Waals surface area contributed by atoms with Crippen LogP contribution in [0, 0.1) is 0 Å². The molecule has 1 aliphatic heterocycles. The smallest absolute Gasteiger partial charge is 0.253 e. The molecule has 0 spiro atoms. The second-order valence-electron chi connectivity index (χ2n) is 3.79. The SMILES string of the molecule is O=C1NCCN(C(=O)CCO)c2ccccc21. The summed E-state index contributed by atoms with van der Waals surface area (Å²) in [4.78, 5) is 25.1. The summed E-state index contributed by atoms with van der Waals surface area (Å²) in [5, 5.41) is 11.5. The number of carbonyl (C=O) groups is 2. The van der Waals surface area contributed by atoms with Crippen molar-refractivity contribution in [1.82, 2.24) is 5.32 Å². The van der Waals surface area contributed by atoms with Crippen LogP contribution in [0.15, 0.2) is 24.3 Å². The number of aliphatic hydroxyl groups excluding tert-OH is 1. The first-order valence-corrected chi connectivity index (χ1v) is 5.52. The highest BCUT2D eigenvalue weighted by Gasteiger charge is 2.23. The Morgan fingerprint density at radius 2 is 2.18 bits per heavy atom. The quantitative estimate of drug-likeness (QED) is 0.765. The summed E-state index contributed by atoms with van der Waals surface area (Å²) in [6.07, 6.45) is 0.0719. The molecule has 2 amide bonds. The minimum absolute atomic E-state index is 0.0719. The van der Waals surface area contributed by atoms with Crippen LogP contribution in [0.3, 0.4) is 0 Å². The number of anilines is 1. The van der Waals surface area contributed by atoms with E-state index in [1.807, 2.05) is 0 Å². The van der Waals surface area contributed by atoms with Gasteiger partial charge in [0.1, 0.15) is 0 Å². The zero-order valence-electron chi connectivity index (χ0n) is 9.35. The fraction of sp³-hybridized carbons (Fsp3) is 0.333. The number of amides is 2. The van der Waals surface area contributed by atoms with Gasteiger partial charge in [-0.1, -0.05) is 12.1 Å². The lowest BCUT2D eigenvalue weighted by molar-refractivity contribution is -0.119. The Bertz CT molecular complexity index is 445. The van der Waals surface area contributed by atoms with Crippen LogP contribution in [0.5, 0.6) is 0 Å². The highest BCUT2D eigenvalue weighted by Crippen LogP contribution is 2.22. The first kappa shape index (κ1) is 11.6. The number of nitrogens with one attached hydrogen (secondary N) is 1. The summed E-state index contributed by atoms with van der Waals surface area (Å²) in [6, 6.07) is 6.99. The van der Waals surface area contributed by atoms with Crippen molar-refractivity contribution in [3.05, 3.63) is 29.8 Å². The van der Waals surface area contributed by atoms with Gasteiger partial charge in [-0.05, 0) is 12.1 Å². The third-order valence-electron chi connectivity index (χ3n) is 2.69. The van der Waals surface area contributed by atoms with E-state index in [0.717, 1.165) is 0 Å². The first-order chi connectivity index (χ1) is 8.24. The summed E-state index contributed by atoms with van der Waals surface area (Å²) < 4.78 is 0. The Morgan fingerprint density at radius 1 is 1.41 bits per heavy atom. The van der Waals surface area contributed by atoms with E-state index in [0.29, 0.717) is 24.3 Å². The molecular weight excluding hydrogens is 220 g/mol. The van der Waals surface area contributed by atoms with E-state index in [9.17, 15) is 9.59 Å². The molecule has 0 atom stereocenters. The van der Waals surface area contributed by atoms with E-state index >= 15 is 0 Å². The van der Waals surface area contributed by atoms with Gasteiger partial charge in [-0.15, -0.1) is 0 Å². The molecule has 1 aliphatic rings. The van der Waals surface area contributed by atoms with E-state index < -0.39 is 0 Å². The zero-order valence-corrected chi connectivity index (χ0v) is 9.35. The van der Waals surface area contributed by atoms with Gasteiger partial charge < -0.3 is 15.3 Å². The van der Waals surface area contributed by atoms with Crippen LogP contribution < -0.4 is 10.2 Å². The number of para-hydroxylation sites is 1. The van der Waals surface area contributed by atoms with Gasteiger partial charge in [0.15, 0.2) is 0 Å². The molecule has 0 fully saturated rings. The van der Waals surface area contributed by atoms with Gasteiger partial charge in [-0.25, -0.2) is 0 Å². The number of aliphatic hydroxyl groups is 1. The Labute approximate surface area is 99.0 Å². The Balaban J connectivity index is 2.38. The fourth-order valence-electron chi connectivity index (χ4n) is 1.89. The molecule has 1 aromatic rings. The Morgan fingerprint density at radius 3 is 2.94 bits per heavy atom. The monoisotopic (exact) mass is 234 g/mol. The summed E-state index contributed by atoms with van der Waals surface area (Å²) in [5.74, 6) is -0.337. The normalized spacial score (nSPS) is 14.9. The van der Waals surface area contributed by atoms with Gasteiger partial charge in [0.05, 0.1) is 24.3 Å². The van der Waals surface area contributed by atoms with Crippen molar-refractivity contribution in [2.45, 2.75) is 6.42 Å². The molecular formula is C12H14N2O3. The average molecular weight is 234 g/mol. The predicted molar refractivity (Wildman–Crippen MR) is 62.8 cm³/mol. The maximum Gasteiger partial charge on any atom is 0.253 e. The highest BCUT2D eigenvalue weighted by molar-refractivity contribution is 6.05. The fourth-order valence-corrected chi connectivity index (χ4v) is 1.89. The molecule has 0 aromatic heterocycles. The average Bonchev–Trinajstić information content (AvgIpc) is 2.50.